The summed E-state index contributed by atoms with van der Waals surface area (Å²) in [7, 11) is 0. The van der Waals surface area contributed by atoms with Crippen LogP contribution in [0.15, 0.2) is 12.1 Å². The van der Waals surface area contributed by atoms with Crippen molar-refractivity contribution in [3.05, 3.63) is 22.8 Å². The van der Waals surface area contributed by atoms with Gasteiger partial charge in [-0.05, 0) is 26.8 Å². The Kier molecular flexibility index (Phi) is 2.87. The van der Waals surface area contributed by atoms with Gasteiger partial charge in [0.2, 0.25) is 5.88 Å². The fourth-order valence-corrected chi connectivity index (χ4v) is 2.68. The van der Waals surface area contributed by atoms with E-state index in [1.807, 2.05) is 26.8 Å². The Morgan fingerprint density at radius 2 is 2.15 bits per heavy atom. The minimum absolute atomic E-state index is 0.298. The molecule has 1 fully saturated rings. The molecular weight excluding hydrogens is 280 g/mol. The van der Waals surface area contributed by atoms with Crippen molar-refractivity contribution in [3.63, 3.8) is 0 Å². The number of nitrogens with zero attached hydrogens (tertiary/aromatic N) is 2. The number of rotatable bonds is 0. The van der Waals surface area contributed by atoms with E-state index in [0.717, 1.165) is 12.0 Å². The SMILES string of the molecule is CC(C)(C)OC(=O)N1CC2(Cc3ccc(Cl)nc3O2)C1. The summed E-state index contributed by atoms with van der Waals surface area (Å²) in [4.78, 5) is 17.7. The standard InChI is InChI=1S/C14H17ClN2O3/c1-13(2,3)20-12(18)17-7-14(8-17)6-9-4-5-10(15)16-11(9)19-14/h4-5H,6-8H2,1-3H3. The molecule has 2 aliphatic heterocycles. The number of pyridine rings is 1. The summed E-state index contributed by atoms with van der Waals surface area (Å²) in [6.45, 7) is 6.61. The third-order valence-electron chi connectivity index (χ3n) is 3.34. The van der Waals surface area contributed by atoms with Crippen molar-refractivity contribution < 1.29 is 14.3 Å². The zero-order chi connectivity index (χ0) is 14.5. The normalized spacial score (nSPS) is 19.3. The maximum atomic E-state index is 11.9. The summed E-state index contributed by atoms with van der Waals surface area (Å²) in [6.07, 6.45) is 0.458. The number of halogens is 1. The molecule has 5 nitrogen and oxygen atoms in total. The Morgan fingerprint density at radius 1 is 1.45 bits per heavy atom. The smallest absolute Gasteiger partial charge is 0.410 e. The van der Waals surface area contributed by atoms with Crippen molar-refractivity contribution in [3.8, 4) is 5.88 Å². The molecule has 6 heteroatoms. The van der Waals surface area contributed by atoms with Crippen molar-refractivity contribution in [2.24, 2.45) is 0 Å². The van der Waals surface area contributed by atoms with E-state index < -0.39 is 5.60 Å². The molecule has 0 atom stereocenters. The Morgan fingerprint density at radius 3 is 2.80 bits per heavy atom. The van der Waals surface area contributed by atoms with E-state index in [4.69, 9.17) is 21.1 Å². The lowest BCUT2D eigenvalue weighted by Gasteiger charge is -2.46. The number of hydrogen-bond donors (Lipinski definition) is 0. The van der Waals surface area contributed by atoms with Gasteiger partial charge < -0.3 is 9.47 Å². The maximum Gasteiger partial charge on any atom is 0.410 e. The average molecular weight is 297 g/mol. The van der Waals surface area contributed by atoms with Crippen LogP contribution in [-0.4, -0.2) is 40.3 Å². The summed E-state index contributed by atoms with van der Waals surface area (Å²) < 4.78 is 11.2. The van der Waals surface area contributed by atoms with Crippen LogP contribution >= 0.6 is 11.6 Å². The lowest BCUT2D eigenvalue weighted by molar-refractivity contribution is -0.0717. The molecule has 0 aliphatic carbocycles. The highest BCUT2D eigenvalue weighted by atomic mass is 35.5. The van der Waals surface area contributed by atoms with E-state index in [1.165, 1.54) is 0 Å². The number of carbonyl (C=O) groups excluding carboxylic acids is 1. The first-order chi connectivity index (χ1) is 9.26. The first-order valence-corrected chi connectivity index (χ1v) is 6.97. The van der Waals surface area contributed by atoms with Gasteiger partial charge in [-0.2, -0.15) is 0 Å². The molecule has 0 bridgehead atoms. The minimum atomic E-state index is -0.478. The Balaban J connectivity index is 1.63. The van der Waals surface area contributed by atoms with Crippen molar-refractivity contribution >= 4 is 17.7 Å². The fraction of sp³-hybridized carbons (Fsp3) is 0.571. The number of ether oxygens (including phenoxy) is 2. The van der Waals surface area contributed by atoms with Crippen LogP contribution in [0.3, 0.4) is 0 Å². The van der Waals surface area contributed by atoms with Gasteiger partial charge in [-0.15, -0.1) is 0 Å². The summed E-state index contributed by atoms with van der Waals surface area (Å²) in [5, 5.41) is 0.420. The number of amides is 1. The van der Waals surface area contributed by atoms with Crippen LogP contribution < -0.4 is 4.74 Å². The number of fused-ring (bicyclic) bond motifs is 1. The Labute approximate surface area is 122 Å². The van der Waals surface area contributed by atoms with Crippen molar-refractivity contribution in [1.29, 1.82) is 0 Å². The van der Waals surface area contributed by atoms with Gasteiger partial charge >= 0.3 is 6.09 Å². The lowest BCUT2D eigenvalue weighted by Crippen LogP contribution is -2.66. The van der Waals surface area contributed by atoms with Crippen LogP contribution in [0.4, 0.5) is 4.79 Å². The van der Waals surface area contributed by atoms with Gasteiger partial charge in [-0.1, -0.05) is 17.7 Å². The number of carbonyl (C=O) groups is 1. The molecule has 108 valence electrons. The fourth-order valence-electron chi connectivity index (χ4n) is 2.54. The predicted molar refractivity (Wildman–Crippen MR) is 74.1 cm³/mol. The summed E-state index contributed by atoms with van der Waals surface area (Å²) in [5.41, 5.74) is 0.212. The van der Waals surface area contributed by atoms with E-state index in [2.05, 4.69) is 4.98 Å². The van der Waals surface area contributed by atoms with Crippen LogP contribution in [-0.2, 0) is 11.2 Å². The van der Waals surface area contributed by atoms with Crippen molar-refractivity contribution in [2.75, 3.05) is 13.1 Å². The Bertz CT molecular complexity index is 562. The van der Waals surface area contributed by atoms with Gasteiger partial charge in [0.25, 0.3) is 0 Å². The number of aromatic nitrogens is 1. The molecule has 1 saturated heterocycles. The minimum Gasteiger partial charge on any atom is -0.467 e. The highest BCUT2D eigenvalue weighted by Gasteiger charge is 2.52. The third kappa shape index (κ3) is 2.42. The lowest BCUT2D eigenvalue weighted by atomic mass is 9.90. The Hall–Kier alpha value is -1.49. The van der Waals surface area contributed by atoms with E-state index in [1.54, 1.807) is 11.0 Å². The molecule has 2 aliphatic rings. The second-order valence-electron chi connectivity index (χ2n) is 6.40. The quantitative estimate of drug-likeness (QED) is 0.691. The summed E-state index contributed by atoms with van der Waals surface area (Å²) in [6, 6.07) is 3.68. The predicted octanol–water partition coefficient (Wildman–Crippen LogP) is 2.66. The zero-order valence-corrected chi connectivity index (χ0v) is 12.5. The topological polar surface area (TPSA) is 51.7 Å². The van der Waals surface area contributed by atoms with E-state index in [-0.39, 0.29) is 11.7 Å². The van der Waals surface area contributed by atoms with Crippen molar-refractivity contribution in [2.45, 2.75) is 38.4 Å². The van der Waals surface area contributed by atoms with E-state index in [9.17, 15) is 4.79 Å². The maximum absolute atomic E-state index is 11.9. The van der Waals surface area contributed by atoms with Crippen LogP contribution in [0, 0.1) is 0 Å². The number of hydrogen-bond acceptors (Lipinski definition) is 4. The molecule has 3 rings (SSSR count). The highest BCUT2D eigenvalue weighted by Crippen LogP contribution is 2.40. The molecule has 1 spiro atoms. The van der Waals surface area contributed by atoms with Gasteiger partial charge in [-0.25, -0.2) is 9.78 Å². The van der Waals surface area contributed by atoms with Gasteiger partial charge in [0.1, 0.15) is 10.8 Å². The monoisotopic (exact) mass is 296 g/mol. The first kappa shape index (κ1) is 13.5. The molecule has 0 unspecified atom stereocenters. The second kappa shape index (κ2) is 4.25. The zero-order valence-electron chi connectivity index (χ0n) is 11.8. The molecule has 0 radical (unpaired) electrons. The van der Waals surface area contributed by atoms with Crippen LogP contribution in [0.5, 0.6) is 5.88 Å². The van der Waals surface area contributed by atoms with Gasteiger partial charge in [0.05, 0.1) is 13.1 Å². The molecule has 0 aromatic carbocycles. The van der Waals surface area contributed by atoms with E-state index >= 15 is 0 Å². The van der Waals surface area contributed by atoms with Crippen molar-refractivity contribution in [1.82, 2.24) is 9.88 Å². The highest BCUT2D eigenvalue weighted by molar-refractivity contribution is 6.29. The molecule has 1 aromatic rings. The van der Waals surface area contributed by atoms with E-state index in [0.29, 0.717) is 24.1 Å². The molecule has 1 amide bonds. The molecule has 20 heavy (non-hydrogen) atoms. The molecule has 0 N–H and O–H groups in total. The summed E-state index contributed by atoms with van der Waals surface area (Å²) in [5.74, 6) is 0.585. The average Bonchev–Trinajstić information content (AvgIpc) is 2.62. The third-order valence-corrected chi connectivity index (χ3v) is 3.55. The van der Waals surface area contributed by atoms with Gasteiger partial charge in [0, 0.05) is 12.0 Å². The molecular formula is C14H17ClN2O3. The number of likely N-dealkylation sites (tertiary alicyclic amines) is 1. The summed E-state index contributed by atoms with van der Waals surface area (Å²) >= 11 is 5.85. The first-order valence-electron chi connectivity index (χ1n) is 6.59. The van der Waals surface area contributed by atoms with Gasteiger partial charge in [-0.3, -0.25) is 4.90 Å². The largest absolute Gasteiger partial charge is 0.467 e. The van der Waals surface area contributed by atoms with Crippen LogP contribution in [0.2, 0.25) is 5.15 Å². The second-order valence-corrected chi connectivity index (χ2v) is 6.78. The molecule has 3 heterocycles. The van der Waals surface area contributed by atoms with Crippen LogP contribution in [0.25, 0.3) is 0 Å². The molecule has 1 aromatic heterocycles. The van der Waals surface area contributed by atoms with Gasteiger partial charge in [0.15, 0.2) is 5.60 Å². The van der Waals surface area contributed by atoms with Crippen LogP contribution in [0.1, 0.15) is 26.3 Å². The molecule has 0 saturated carbocycles.